The molecule has 0 amide bonds. The minimum Gasteiger partial charge on any atom is -0.372 e. The number of hydrogen-bond acceptors (Lipinski definition) is 5. The standard InChI is InChI=1S/C19H27N5OS.HI/c1-14-11-24(12-15(2)25-14)18-5-4-16(8-21-18)9-22-19(20-3)23-10-17-6-7-26-13-17;/h4-8,13-15H,9-12H2,1-3H3,(H2,20,22,23);1H. The molecule has 1 aliphatic heterocycles. The molecule has 27 heavy (non-hydrogen) atoms. The number of pyridine rings is 1. The molecule has 2 aromatic rings. The Hall–Kier alpha value is -1.39. The van der Waals surface area contributed by atoms with Crippen molar-refractivity contribution in [3.63, 3.8) is 0 Å². The molecule has 3 heterocycles. The Morgan fingerprint density at radius 3 is 2.44 bits per heavy atom. The fourth-order valence-corrected chi connectivity index (χ4v) is 3.73. The van der Waals surface area contributed by atoms with Crippen LogP contribution in [0.5, 0.6) is 0 Å². The second kappa shape index (κ2) is 10.8. The van der Waals surface area contributed by atoms with Gasteiger partial charge in [-0.05, 0) is 47.9 Å². The molecule has 1 fully saturated rings. The van der Waals surface area contributed by atoms with E-state index in [-0.39, 0.29) is 36.2 Å². The second-order valence-corrected chi connectivity index (χ2v) is 7.38. The Morgan fingerprint density at radius 2 is 1.89 bits per heavy atom. The van der Waals surface area contributed by atoms with Crippen LogP contribution in [0.2, 0.25) is 0 Å². The molecule has 8 heteroatoms. The number of rotatable bonds is 5. The quantitative estimate of drug-likeness (QED) is 0.374. The Balaban J connectivity index is 0.00000261. The number of nitrogens with one attached hydrogen (secondary N) is 2. The van der Waals surface area contributed by atoms with Crippen molar-refractivity contribution < 1.29 is 4.74 Å². The Bertz CT molecular complexity index is 697. The highest BCUT2D eigenvalue weighted by molar-refractivity contribution is 14.0. The van der Waals surface area contributed by atoms with Gasteiger partial charge in [-0.2, -0.15) is 11.3 Å². The number of guanidine groups is 1. The van der Waals surface area contributed by atoms with Crippen LogP contribution in [0.4, 0.5) is 5.82 Å². The first kappa shape index (κ1) is 21.9. The van der Waals surface area contributed by atoms with E-state index >= 15 is 0 Å². The molecule has 0 saturated carbocycles. The molecule has 2 atom stereocenters. The lowest BCUT2D eigenvalue weighted by molar-refractivity contribution is -0.00545. The first-order valence-corrected chi connectivity index (χ1v) is 9.89. The number of anilines is 1. The van der Waals surface area contributed by atoms with Crippen LogP contribution in [0.15, 0.2) is 40.1 Å². The number of thiophene rings is 1. The van der Waals surface area contributed by atoms with Gasteiger partial charge in [0.25, 0.3) is 0 Å². The largest absolute Gasteiger partial charge is 0.372 e. The van der Waals surface area contributed by atoms with E-state index in [0.29, 0.717) is 6.54 Å². The summed E-state index contributed by atoms with van der Waals surface area (Å²) in [5.41, 5.74) is 2.39. The lowest BCUT2D eigenvalue weighted by Crippen LogP contribution is -2.45. The molecule has 2 N–H and O–H groups in total. The summed E-state index contributed by atoms with van der Waals surface area (Å²) >= 11 is 1.70. The number of morpholine rings is 1. The summed E-state index contributed by atoms with van der Waals surface area (Å²) < 4.78 is 5.79. The average molecular weight is 501 g/mol. The Morgan fingerprint density at radius 1 is 1.19 bits per heavy atom. The van der Waals surface area contributed by atoms with Gasteiger partial charge in [0.1, 0.15) is 5.82 Å². The second-order valence-electron chi connectivity index (χ2n) is 6.60. The number of aliphatic imine (C=N–C) groups is 1. The molecule has 0 bridgehead atoms. The van der Waals surface area contributed by atoms with Crippen molar-refractivity contribution in [1.82, 2.24) is 15.6 Å². The lowest BCUT2D eigenvalue weighted by Gasteiger charge is -2.36. The van der Waals surface area contributed by atoms with Crippen LogP contribution in [0.3, 0.4) is 0 Å². The summed E-state index contributed by atoms with van der Waals surface area (Å²) in [6.45, 7) is 7.44. The highest BCUT2D eigenvalue weighted by Gasteiger charge is 2.22. The van der Waals surface area contributed by atoms with E-state index in [1.807, 2.05) is 6.20 Å². The maximum Gasteiger partial charge on any atom is 0.191 e. The van der Waals surface area contributed by atoms with Crippen molar-refractivity contribution in [2.75, 3.05) is 25.0 Å². The van der Waals surface area contributed by atoms with E-state index in [9.17, 15) is 0 Å². The molecule has 1 saturated heterocycles. The molecular formula is C19H28IN5OS. The van der Waals surface area contributed by atoms with Crippen LogP contribution in [-0.4, -0.2) is 43.3 Å². The minimum absolute atomic E-state index is 0. The highest BCUT2D eigenvalue weighted by atomic mass is 127. The maximum absolute atomic E-state index is 5.79. The molecule has 0 aliphatic carbocycles. The summed E-state index contributed by atoms with van der Waals surface area (Å²) in [5.74, 6) is 1.80. The summed E-state index contributed by atoms with van der Waals surface area (Å²) in [5, 5.41) is 10.9. The fraction of sp³-hybridized carbons (Fsp3) is 0.474. The first-order chi connectivity index (χ1) is 12.6. The van der Waals surface area contributed by atoms with Crippen molar-refractivity contribution in [2.24, 2.45) is 4.99 Å². The third kappa shape index (κ3) is 6.62. The van der Waals surface area contributed by atoms with Gasteiger partial charge in [0.2, 0.25) is 0 Å². The molecule has 2 aromatic heterocycles. The molecule has 1 aliphatic rings. The van der Waals surface area contributed by atoms with Gasteiger partial charge in [-0.1, -0.05) is 6.07 Å². The van der Waals surface area contributed by atoms with Gasteiger partial charge >= 0.3 is 0 Å². The van der Waals surface area contributed by atoms with E-state index in [0.717, 1.165) is 37.0 Å². The number of aromatic nitrogens is 1. The molecule has 2 unspecified atom stereocenters. The zero-order valence-corrected chi connectivity index (χ0v) is 19.2. The highest BCUT2D eigenvalue weighted by Crippen LogP contribution is 2.18. The normalized spacial score (nSPS) is 20.1. The Labute approximate surface area is 182 Å². The van der Waals surface area contributed by atoms with Crippen molar-refractivity contribution in [3.05, 3.63) is 46.3 Å². The SMILES string of the molecule is CN=C(NCc1ccc(N2CC(C)OC(C)C2)nc1)NCc1ccsc1.I. The van der Waals surface area contributed by atoms with E-state index in [4.69, 9.17) is 4.74 Å². The molecule has 0 aromatic carbocycles. The van der Waals surface area contributed by atoms with Crippen LogP contribution in [0.25, 0.3) is 0 Å². The first-order valence-electron chi connectivity index (χ1n) is 8.95. The predicted octanol–water partition coefficient (Wildman–Crippen LogP) is 3.24. The van der Waals surface area contributed by atoms with E-state index in [1.54, 1.807) is 18.4 Å². The maximum atomic E-state index is 5.79. The van der Waals surface area contributed by atoms with Crippen LogP contribution in [0.1, 0.15) is 25.0 Å². The number of nitrogens with zero attached hydrogens (tertiary/aromatic N) is 3. The van der Waals surface area contributed by atoms with Crippen LogP contribution < -0.4 is 15.5 Å². The number of hydrogen-bond donors (Lipinski definition) is 2. The molecule has 148 valence electrons. The van der Waals surface area contributed by atoms with Gasteiger partial charge in [-0.15, -0.1) is 24.0 Å². The average Bonchev–Trinajstić information content (AvgIpc) is 3.15. The molecule has 3 rings (SSSR count). The minimum atomic E-state index is 0. The van der Waals surface area contributed by atoms with Gasteiger partial charge in [-0.3, -0.25) is 4.99 Å². The van der Waals surface area contributed by atoms with E-state index in [1.165, 1.54) is 5.56 Å². The monoisotopic (exact) mass is 501 g/mol. The third-order valence-corrected chi connectivity index (χ3v) is 5.01. The Kier molecular flexibility index (Phi) is 8.78. The smallest absolute Gasteiger partial charge is 0.191 e. The fourth-order valence-electron chi connectivity index (χ4n) is 3.06. The van der Waals surface area contributed by atoms with Crippen molar-refractivity contribution in [1.29, 1.82) is 0 Å². The van der Waals surface area contributed by atoms with Gasteiger partial charge in [-0.25, -0.2) is 4.98 Å². The number of halogens is 1. The van der Waals surface area contributed by atoms with Crippen molar-refractivity contribution in [2.45, 2.75) is 39.1 Å². The van der Waals surface area contributed by atoms with Crippen LogP contribution in [-0.2, 0) is 17.8 Å². The topological polar surface area (TPSA) is 61.8 Å². The molecule has 6 nitrogen and oxygen atoms in total. The molecular weight excluding hydrogens is 473 g/mol. The van der Waals surface area contributed by atoms with Gasteiger partial charge in [0.15, 0.2) is 5.96 Å². The summed E-state index contributed by atoms with van der Waals surface area (Å²) in [4.78, 5) is 11.2. The van der Waals surface area contributed by atoms with Crippen LogP contribution >= 0.6 is 35.3 Å². The zero-order chi connectivity index (χ0) is 18.4. The summed E-state index contributed by atoms with van der Waals surface area (Å²) in [7, 11) is 1.78. The predicted molar refractivity (Wildman–Crippen MR) is 123 cm³/mol. The number of ether oxygens (including phenoxy) is 1. The van der Waals surface area contributed by atoms with Gasteiger partial charge < -0.3 is 20.3 Å². The van der Waals surface area contributed by atoms with Crippen LogP contribution in [0, 0.1) is 0 Å². The van der Waals surface area contributed by atoms with Crippen molar-refractivity contribution >= 4 is 47.1 Å². The van der Waals surface area contributed by atoms with E-state index < -0.39 is 0 Å². The van der Waals surface area contributed by atoms with E-state index in [2.05, 4.69) is 68.3 Å². The van der Waals surface area contributed by atoms with Gasteiger partial charge in [0, 0.05) is 39.4 Å². The molecule has 0 spiro atoms. The summed E-state index contributed by atoms with van der Waals surface area (Å²) in [6.07, 6.45) is 2.40. The molecule has 0 radical (unpaired) electrons. The lowest BCUT2D eigenvalue weighted by atomic mass is 10.2. The third-order valence-electron chi connectivity index (χ3n) is 4.28. The van der Waals surface area contributed by atoms with Gasteiger partial charge in [0.05, 0.1) is 12.2 Å². The zero-order valence-electron chi connectivity index (χ0n) is 16.0. The summed E-state index contributed by atoms with van der Waals surface area (Å²) in [6, 6.07) is 6.32. The van der Waals surface area contributed by atoms with Crippen molar-refractivity contribution in [3.8, 4) is 0 Å².